The highest BCUT2D eigenvalue weighted by molar-refractivity contribution is 7.13. The van der Waals surface area contributed by atoms with Gasteiger partial charge in [0.1, 0.15) is 4.88 Å². The first-order chi connectivity index (χ1) is 9.56. The Morgan fingerprint density at radius 3 is 2.40 bits per heavy atom. The highest BCUT2D eigenvalue weighted by Gasteiger charge is 2.13. The number of carboxylic acids is 1. The second-order valence-corrected chi connectivity index (χ2v) is 6.22. The molecule has 20 heavy (non-hydrogen) atoms. The maximum absolute atomic E-state index is 10.9. The maximum atomic E-state index is 10.9. The molecule has 1 aromatic carbocycles. The van der Waals surface area contributed by atoms with Gasteiger partial charge < -0.3 is 5.11 Å². The molecule has 0 amide bonds. The van der Waals surface area contributed by atoms with Crippen molar-refractivity contribution in [2.45, 2.75) is 33.0 Å². The van der Waals surface area contributed by atoms with E-state index in [0.29, 0.717) is 10.9 Å². The average molecular weight is 289 g/mol. The number of rotatable bonds is 6. The molecule has 0 atom stereocenters. The molecule has 0 aliphatic heterocycles. The second-order valence-electron chi connectivity index (χ2n) is 5.06. The van der Waals surface area contributed by atoms with E-state index in [1.807, 2.05) is 24.3 Å². The van der Waals surface area contributed by atoms with Crippen LogP contribution in [0.3, 0.4) is 0 Å². The summed E-state index contributed by atoms with van der Waals surface area (Å²) in [5.74, 6) is -0.847. The minimum atomic E-state index is -0.847. The Bertz CT molecular complexity index is 563. The van der Waals surface area contributed by atoms with Gasteiger partial charge in [-0.2, -0.15) is 0 Å². The summed E-state index contributed by atoms with van der Waals surface area (Å²) in [5, 5.41) is 8.97. The van der Waals surface area contributed by atoms with E-state index in [9.17, 15) is 4.79 Å². The topological polar surface area (TPSA) is 40.5 Å². The molecule has 1 aromatic heterocycles. The Labute approximate surface area is 123 Å². The zero-order valence-electron chi connectivity index (χ0n) is 11.7. The van der Waals surface area contributed by atoms with Gasteiger partial charge in [-0.15, -0.1) is 11.3 Å². The van der Waals surface area contributed by atoms with Gasteiger partial charge in [0.25, 0.3) is 0 Å². The highest BCUT2D eigenvalue weighted by atomic mass is 32.1. The third kappa shape index (κ3) is 3.92. The Balaban J connectivity index is 2.07. The van der Waals surface area contributed by atoms with Crippen LogP contribution in [0.4, 0.5) is 0 Å². The van der Waals surface area contributed by atoms with E-state index in [1.165, 1.54) is 16.9 Å². The smallest absolute Gasteiger partial charge is 0.345 e. The van der Waals surface area contributed by atoms with Crippen molar-refractivity contribution < 1.29 is 9.90 Å². The minimum absolute atomic E-state index is 0.406. The average Bonchev–Trinajstić information content (AvgIpc) is 2.88. The van der Waals surface area contributed by atoms with Gasteiger partial charge in [-0.1, -0.05) is 30.3 Å². The van der Waals surface area contributed by atoms with Crippen LogP contribution in [-0.4, -0.2) is 22.0 Å². The summed E-state index contributed by atoms with van der Waals surface area (Å²) in [6.07, 6.45) is 0. The van der Waals surface area contributed by atoms with E-state index in [4.69, 9.17) is 5.11 Å². The molecular formula is C16H19NO2S. The number of hydrogen-bond donors (Lipinski definition) is 1. The Morgan fingerprint density at radius 1 is 1.15 bits per heavy atom. The highest BCUT2D eigenvalue weighted by Crippen LogP contribution is 2.20. The van der Waals surface area contributed by atoms with Crippen LogP contribution in [0.1, 0.15) is 34.0 Å². The Kier molecular flexibility index (Phi) is 4.93. The summed E-state index contributed by atoms with van der Waals surface area (Å²) in [6.45, 7) is 5.98. The van der Waals surface area contributed by atoms with Crippen molar-refractivity contribution in [3.63, 3.8) is 0 Å². The third-order valence-electron chi connectivity index (χ3n) is 3.19. The number of benzene rings is 1. The quantitative estimate of drug-likeness (QED) is 0.878. The number of carboxylic acid groups (broad SMARTS) is 1. The maximum Gasteiger partial charge on any atom is 0.345 e. The van der Waals surface area contributed by atoms with Crippen molar-refractivity contribution in [1.29, 1.82) is 0 Å². The van der Waals surface area contributed by atoms with Crippen molar-refractivity contribution in [2.75, 3.05) is 0 Å². The fourth-order valence-corrected chi connectivity index (χ4v) is 2.89. The second kappa shape index (κ2) is 6.68. The van der Waals surface area contributed by atoms with Gasteiger partial charge in [-0.3, -0.25) is 4.90 Å². The van der Waals surface area contributed by atoms with Crippen LogP contribution in [0, 0.1) is 0 Å². The van der Waals surface area contributed by atoms with Crippen molar-refractivity contribution >= 4 is 17.3 Å². The number of carbonyl (C=O) groups is 1. The lowest BCUT2D eigenvalue weighted by Gasteiger charge is -2.26. The fourth-order valence-electron chi connectivity index (χ4n) is 2.02. The van der Waals surface area contributed by atoms with Gasteiger partial charge in [0, 0.05) is 24.0 Å². The standard InChI is InChI=1S/C16H19NO2S/c1-12(2)17(10-13-6-4-3-5-7-13)11-14-8-9-15(20-14)16(18)19/h3-9,12H,10-11H2,1-2H3,(H,18,19). The summed E-state index contributed by atoms with van der Waals surface area (Å²) >= 11 is 1.36. The molecule has 0 aliphatic rings. The van der Waals surface area contributed by atoms with Crippen LogP contribution >= 0.6 is 11.3 Å². The summed E-state index contributed by atoms with van der Waals surface area (Å²) in [4.78, 5) is 14.8. The first-order valence-electron chi connectivity index (χ1n) is 6.66. The molecule has 0 unspecified atom stereocenters. The molecule has 1 heterocycles. The molecule has 0 fully saturated rings. The van der Waals surface area contributed by atoms with Gasteiger partial charge in [-0.25, -0.2) is 4.79 Å². The number of hydrogen-bond acceptors (Lipinski definition) is 3. The van der Waals surface area contributed by atoms with Crippen LogP contribution in [0.2, 0.25) is 0 Å². The van der Waals surface area contributed by atoms with E-state index < -0.39 is 5.97 Å². The molecule has 0 saturated carbocycles. The normalized spacial score (nSPS) is 11.2. The van der Waals surface area contributed by atoms with Gasteiger partial charge in [0.15, 0.2) is 0 Å². The predicted octanol–water partition coefficient (Wildman–Crippen LogP) is 3.86. The monoisotopic (exact) mass is 289 g/mol. The Morgan fingerprint density at radius 2 is 1.85 bits per heavy atom. The van der Waals surface area contributed by atoms with Crippen LogP contribution in [0.25, 0.3) is 0 Å². The fraction of sp³-hybridized carbons (Fsp3) is 0.312. The molecule has 3 nitrogen and oxygen atoms in total. The predicted molar refractivity (Wildman–Crippen MR) is 82.1 cm³/mol. The van der Waals surface area contributed by atoms with Crippen molar-refractivity contribution in [3.05, 3.63) is 57.8 Å². The lowest BCUT2D eigenvalue weighted by Crippen LogP contribution is -2.29. The Hall–Kier alpha value is -1.65. The number of thiophene rings is 1. The van der Waals surface area contributed by atoms with Crippen LogP contribution < -0.4 is 0 Å². The van der Waals surface area contributed by atoms with E-state index in [1.54, 1.807) is 6.07 Å². The van der Waals surface area contributed by atoms with Gasteiger partial charge >= 0.3 is 5.97 Å². The zero-order chi connectivity index (χ0) is 14.5. The summed E-state index contributed by atoms with van der Waals surface area (Å²) < 4.78 is 0. The van der Waals surface area contributed by atoms with Crippen molar-refractivity contribution in [2.24, 2.45) is 0 Å². The molecule has 0 bridgehead atoms. The number of nitrogens with zero attached hydrogens (tertiary/aromatic N) is 1. The minimum Gasteiger partial charge on any atom is -0.477 e. The first kappa shape index (κ1) is 14.8. The lowest BCUT2D eigenvalue weighted by molar-refractivity contribution is 0.0702. The largest absolute Gasteiger partial charge is 0.477 e. The molecule has 0 spiro atoms. The molecular weight excluding hydrogens is 270 g/mol. The van der Waals surface area contributed by atoms with E-state index >= 15 is 0 Å². The van der Waals surface area contributed by atoms with Gasteiger partial charge in [0.05, 0.1) is 0 Å². The molecule has 2 aromatic rings. The summed E-state index contributed by atoms with van der Waals surface area (Å²) in [5.41, 5.74) is 1.27. The molecule has 0 saturated heterocycles. The summed E-state index contributed by atoms with van der Waals surface area (Å²) in [6, 6.07) is 14.3. The molecule has 106 valence electrons. The number of aromatic carboxylic acids is 1. The third-order valence-corrected chi connectivity index (χ3v) is 4.25. The lowest BCUT2D eigenvalue weighted by atomic mass is 10.2. The van der Waals surface area contributed by atoms with Crippen LogP contribution in [0.5, 0.6) is 0 Å². The zero-order valence-corrected chi connectivity index (χ0v) is 12.6. The molecule has 1 N–H and O–H groups in total. The van der Waals surface area contributed by atoms with Crippen LogP contribution in [0.15, 0.2) is 42.5 Å². The van der Waals surface area contributed by atoms with E-state index in [-0.39, 0.29) is 0 Å². The molecule has 2 rings (SSSR count). The van der Waals surface area contributed by atoms with Crippen molar-refractivity contribution in [3.8, 4) is 0 Å². The van der Waals surface area contributed by atoms with E-state index in [2.05, 4.69) is 30.9 Å². The van der Waals surface area contributed by atoms with E-state index in [0.717, 1.165) is 18.0 Å². The van der Waals surface area contributed by atoms with Crippen molar-refractivity contribution in [1.82, 2.24) is 4.90 Å². The molecule has 4 heteroatoms. The van der Waals surface area contributed by atoms with Gasteiger partial charge in [0.2, 0.25) is 0 Å². The van der Waals surface area contributed by atoms with Crippen LogP contribution in [-0.2, 0) is 13.1 Å². The molecule has 0 aliphatic carbocycles. The summed E-state index contributed by atoms with van der Waals surface area (Å²) in [7, 11) is 0. The molecule has 0 radical (unpaired) electrons. The first-order valence-corrected chi connectivity index (χ1v) is 7.48. The SMILES string of the molecule is CC(C)N(Cc1ccccc1)Cc1ccc(C(=O)O)s1. The van der Waals surface area contributed by atoms with Gasteiger partial charge in [-0.05, 0) is 31.5 Å².